The predicted molar refractivity (Wildman–Crippen MR) is 238 cm³/mol. The number of rotatable bonds is 47. The second-order valence-electron chi connectivity index (χ2n) is 16.9. The van der Waals surface area contributed by atoms with E-state index in [0.29, 0.717) is 12.8 Å². The Morgan fingerprint density at radius 3 is 1.07 bits per heavy atom. The van der Waals surface area contributed by atoms with E-state index < -0.39 is 51.8 Å². The molecule has 3 unspecified atom stereocenters. The third kappa shape index (κ3) is 43.1. The molecule has 0 fully saturated rings. The summed E-state index contributed by atoms with van der Waals surface area (Å²) in [6, 6.07) is 0. The molecule has 11 heteroatoms. The lowest BCUT2D eigenvalue weighted by molar-refractivity contribution is -0.161. The first-order valence-electron chi connectivity index (χ1n) is 24.5. The summed E-state index contributed by atoms with van der Waals surface area (Å²) in [5.41, 5.74) is 0. The molecule has 0 rings (SSSR count). The van der Waals surface area contributed by atoms with Gasteiger partial charge in [0.15, 0.2) is 6.10 Å². The first-order chi connectivity index (χ1) is 28.2. The Labute approximate surface area is 356 Å². The zero-order chi connectivity index (χ0) is 42.6. The minimum Gasteiger partial charge on any atom is -0.462 e. The van der Waals surface area contributed by atoms with Gasteiger partial charge in [-0.2, -0.15) is 0 Å². The maximum absolute atomic E-state index is 12.6. The average molecular weight is 849 g/mol. The minimum atomic E-state index is -4.61. The molecular formula is C47H93O10P. The fourth-order valence-electron chi connectivity index (χ4n) is 7.23. The number of hydrogen-bond donors (Lipinski definition) is 3. The van der Waals surface area contributed by atoms with Gasteiger partial charge in [0.2, 0.25) is 0 Å². The van der Waals surface area contributed by atoms with Crippen LogP contribution in [-0.2, 0) is 32.7 Å². The predicted octanol–water partition coefficient (Wildman–Crippen LogP) is 13.4. The topological polar surface area (TPSA) is 149 Å². The van der Waals surface area contributed by atoms with Gasteiger partial charge in [0.05, 0.1) is 19.8 Å². The highest BCUT2D eigenvalue weighted by atomic mass is 31.2. The highest BCUT2D eigenvalue weighted by Gasteiger charge is 2.27. The van der Waals surface area contributed by atoms with Gasteiger partial charge in [-0.1, -0.05) is 226 Å². The van der Waals surface area contributed by atoms with Gasteiger partial charge in [0.1, 0.15) is 12.7 Å². The van der Waals surface area contributed by atoms with Crippen LogP contribution in [0.2, 0.25) is 0 Å². The van der Waals surface area contributed by atoms with Crippen molar-refractivity contribution in [1.29, 1.82) is 0 Å². The fourth-order valence-corrected chi connectivity index (χ4v) is 8.02. The summed E-state index contributed by atoms with van der Waals surface area (Å²) < 4.78 is 32.8. The number of ether oxygens (including phenoxy) is 2. The highest BCUT2D eigenvalue weighted by molar-refractivity contribution is 7.47. The molecule has 0 heterocycles. The van der Waals surface area contributed by atoms with Crippen LogP contribution in [0.25, 0.3) is 0 Å². The molecule has 10 nitrogen and oxygen atoms in total. The Morgan fingerprint density at radius 1 is 0.448 bits per heavy atom. The molecule has 0 amide bonds. The molecule has 0 aliphatic carbocycles. The summed E-state index contributed by atoms with van der Waals surface area (Å²) in [5.74, 6) is -0.907. The van der Waals surface area contributed by atoms with Crippen molar-refractivity contribution in [3.8, 4) is 0 Å². The molecular weight excluding hydrogens is 755 g/mol. The Kier molecular flexibility index (Phi) is 43.3. The molecule has 0 radical (unpaired) electrons. The van der Waals surface area contributed by atoms with Crippen LogP contribution in [-0.4, -0.2) is 65.7 Å². The standard InChI is InChI=1S/C47H93O10P/c1-3-5-7-9-11-13-15-17-18-19-20-21-22-23-24-25-26-27-29-31-33-35-37-39-47(51)57-45(43-56-58(52,53)55-41-44(49)40-48)42-54-46(50)38-36-34-32-30-28-16-14-12-10-8-6-4-2/h44-45,48-49H,3-43H2,1-2H3,(H,52,53). The third-order valence-corrected chi connectivity index (χ3v) is 12.0. The molecule has 0 aromatic carbocycles. The molecule has 0 saturated heterocycles. The maximum Gasteiger partial charge on any atom is 0.472 e. The normalized spacial score (nSPS) is 13.7. The number of carbonyl (C=O) groups is 2. The Bertz CT molecular complexity index is 935. The van der Waals surface area contributed by atoms with Gasteiger partial charge < -0.3 is 24.6 Å². The van der Waals surface area contributed by atoms with E-state index in [1.165, 1.54) is 173 Å². The summed E-state index contributed by atoms with van der Waals surface area (Å²) in [5, 5.41) is 18.4. The van der Waals surface area contributed by atoms with Crippen LogP contribution in [0.3, 0.4) is 0 Å². The number of carbonyl (C=O) groups excluding carboxylic acids is 2. The molecule has 0 aromatic heterocycles. The van der Waals surface area contributed by atoms with Gasteiger partial charge in [0, 0.05) is 12.8 Å². The molecule has 3 atom stereocenters. The number of esters is 2. The zero-order valence-electron chi connectivity index (χ0n) is 37.8. The lowest BCUT2D eigenvalue weighted by atomic mass is 10.0. The number of unbranched alkanes of at least 4 members (excludes halogenated alkanes) is 33. The van der Waals surface area contributed by atoms with Crippen molar-refractivity contribution in [1.82, 2.24) is 0 Å². The summed E-state index contributed by atoms with van der Waals surface area (Å²) in [6.45, 7) is 2.43. The number of phosphoric ester groups is 1. The van der Waals surface area contributed by atoms with Crippen LogP contribution >= 0.6 is 7.82 Å². The lowest BCUT2D eigenvalue weighted by Crippen LogP contribution is -2.29. The average Bonchev–Trinajstić information content (AvgIpc) is 3.21. The van der Waals surface area contributed by atoms with Crippen LogP contribution in [0.4, 0.5) is 0 Å². The quantitative estimate of drug-likeness (QED) is 0.0307. The first kappa shape index (κ1) is 57.0. The smallest absolute Gasteiger partial charge is 0.462 e. The first-order valence-corrected chi connectivity index (χ1v) is 26.0. The summed E-state index contributed by atoms with van der Waals surface area (Å²) in [6.07, 6.45) is 42.2. The molecule has 0 saturated carbocycles. The molecule has 346 valence electrons. The van der Waals surface area contributed by atoms with Crippen molar-refractivity contribution in [2.75, 3.05) is 26.4 Å². The van der Waals surface area contributed by atoms with E-state index in [4.69, 9.17) is 23.6 Å². The van der Waals surface area contributed by atoms with Crippen LogP contribution in [0.1, 0.15) is 251 Å². The fraction of sp³-hybridized carbons (Fsp3) is 0.957. The van der Waals surface area contributed by atoms with Crippen LogP contribution in [0.15, 0.2) is 0 Å². The second-order valence-corrected chi connectivity index (χ2v) is 18.3. The van der Waals surface area contributed by atoms with Gasteiger partial charge in [-0.3, -0.25) is 18.6 Å². The van der Waals surface area contributed by atoms with Crippen molar-refractivity contribution in [2.45, 2.75) is 264 Å². The van der Waals surface area contributed by atoms with Gasteiger partial charge >= 0.3 is 19.8 Å². The van der Waals surface area contributed by atoms with E-state index in [1.807, 2.05) is 0 Å². The van der Waals surface area contributed by atoms with Gasteiger partial charge in [-0.25, -0.2) is 4.57 Å². The van der Waals surface area contributed by atoms with Crippen LogP contribution in [0.5, 0.6) is 0 Å². The molecule has 0 bridgehead atoms. The highest BCUT2D eigenvalue weighted by Crippen LogP contribution is 2.43. The summed E-state index contributed by atoms with van der Waals surface area (Å²) in [4.78, 5) is 35.0. The van der Waals surface area contributed by atoms with Gasteiger partial charge in [0.25, 0.3) is 0 Å². The van der Waals surface area contributed by atoms with Crippen molar-refractivity contribution in [3.63, 3.8) is 0 Å². The minimum absolute atomic E-state index is 0.193. The molecule has 0 aliphatic heterocycles. The van der Waals surface area contributed by atoms with E-state index >= 15 is 0 Å². The van der Waals surface area contributed by atoms with Gasteiger partial charge in [-0.05, 0) is 12.8 Å². The summed E-state index contributed by atoms with van der Waals surface area (Å²) in [7, 11) is -4.61. The SMILES string of the molecule is CCCCCCCCCCCCCCCCCCCCCCCCCC(=O)OC(COC(=O)CCCCCCCCCCCCCC)COP(=O)(O)OCC(O)CO. The maximum atomic E-state index is 12.6. The van der Waals surface area contributed by atoms with E-state index in [2.05, 4.69) is 13.8 Å². The van der Waals surface area contributed by atoms with Crippen molar-refractivity contribution in [3.05, 3.63) is 0 Å². The number of aliphatic hydroxyl groups excluding tert-OH is 2. The van der Waals surface area contributed by atoms with Crippen molar-refractivity contribution >= 4 is 19.8 Å². The Morgan fingerprint density at radius 2 is 0.741 bits per heavy atom. The van der Waals surface area contributed by atoms with E-state index in [0.717, 1.165) is 38.5 Å². The molecule has 0 aromatic rings. The molecule has 0 aliphatic rings. The van der Waals surface area contributed by atoms with E-state index in [9.17, 15) is 24.2 Å². The van der Waals surface area contributed by atoms with E-state index in [1.54, 1.807) is 0 Å². The largest absolute Gasteiger partial charge is 0.472 e. The monoisotopic (exact) mass is 849 g/mol. The lowest BCUT2D eigenvalue weighted by Gasteiger charge is -2.20. The zero-order valence-corrected chi connectivity index (χ0v) is 38.7. The second kappa shape index (κ2) is 44.0. The van der Waals surface area contributed by atoms with Crippen molar-refractivity contribution in [2.24, 2.45) is 0 Å². The molecule has 58 heavy (non-hydrogen) atoms. The third-order valence-electron chi connectivity index (χ3n) is 11.0. The number of aliphatic hydroxyl groups is 2. The summed E-state index contributed by atoms with van der Waals surface area (Å²) >= 11 is 0. The van der Waals surface area contributed by atoms with Crippen LogP contribution in [0, 0.1) is 0 Å². The molecule has 0 spiro atoms. The van der Waals surface area contributed by atoms with Crippen molar-refractivity contribution < 1.29 is 47.8 Å². The van der Waals surface area contributed by atoms with E-state index in [-0.39, 0.29) is 19.4 Å². The van der Waals surface area contributed by atoms with Crippen LogP contribution < -0.4 is 0 Å². The Balaban J connectivity index is 4.09. The van der Waals surface area contributed by atoms with Gasteiger partial charge in [-0.15, -0.1) is 0 Å². The number of phosphoric acid groups is 1. The molecule has 3 N–H and O–H groups in total. The number of hydrogen-bond acceptors (Lipinski definition) is 9. The Hall–Kier alpha value is -1.03.